The molecule has 0 saturated carbocycles. The summed E-state index contributed by atoms with van der Waals surface area (Å²) < 4.78 is 5.26. The zero-order chi connectivity index (χ0) is 11.1. The smallest absolute Gasteiger partial charge is 0.332 e. The van der Waals surface area contributed by atoms with Crippen LogP contribution in [0.4, 0.5) is 0 Å². The Morgan fingerprint density at radius 1 is 1.40 bits per heavy atom. The summed E-state index contributed by atoms with van der Waals surface area (Å²) >= 11 is 0. The quantitative estimate of drug-likeness (QED) is 0.778. The Bertz CT molecular complexity index is 295. The fraction of sp³-hybridized carbons (Fsp3) is 0.417. The Hall–Kier alpha value is -1.35. The van der Waals surface area contributed by atoms with Crippen LogP contribution in [-0.4, -0.2) is 23.8 Å². The van der Waals surface area contributed by atoms with Crippen molar-refractivity contribution in [1.29, 1.82) is 0 Å². The van der Waals surface area contributed by atoms with Crippen LogP contribution in [0.1, 0.15) is 18.9 Å². The van der Waals surface area contributed by atoms with E-state index in [4.69, 9.17) is 9.84 Å². The largest absolute Gasteiger partial charge is 0.479 e. The van der Waals surface area contributed by atoms with E-state index in [1.54, 1.807) is 6.92 Å². The third-order valence-corrected chi connectivity index (χ3v) is 2.20. The maximum absolute atomic E-state index is 10.6. The standard InChI is InChI=1S/C12H16O3/c1-2-11(12(13)14)15-9-8-10-6-4-3-5-7-10/h3-7,11H,2,8-9H2,1H3,(H,13,14). The summed E-state index contributed by atoms with van der Waals surface area (Å²) in [6, 6.07) is 9.89. The molecule has 1 N–H and O–H groups in total. The van der Waals surface area contributed by atoms with Crippen molar-refractivity contribution in [3.63, 3.8) is 0 Å². The lowest BCUT2D eigenvalue weighted by Gasteiger charge is -2.10. The molecule has 3 heteroatoms. The highest BCUT2D eigenvalue weighted by Crippen LogP contribution is 2.03. The van der Waals surface area contributed by atoms with E-state index in [0.717, 1.165) is 12.0 Å². The van der Waals surface area contributed by atoms with Gasteiger partial charge in [-0.3, -0.25) is 0 Å². The Morgan fingerprint density at radius 3 is 2.60 bits per heavy atom. The van der Waals surface area contributed by atoms with Gasteiger partial charge in [0.2, 0.25) is 0 Å². The summed E-state index contributed by atoms with van der Waals surface area (Å²) in [6.07, 6.45) is 0.586. The van der Waals surface area contributed by atoms with Crippen LogP contribution in [0.15, 0.2) is 30.3 Å². The van der Waals surface area contributed by atoms with Gasteiger partial charge in [0.25, 0.3) is 0 Å². The molecule has 1 aromatic rings. The number of carboxylic acid groups (broad SMARTS) is 1. The minimum atomic E-state index is -0.884. The summed E-state index contributed by atoms with van der Waals surface area (Å²) in [5.74, 6) is -0.884. The van der Waals surface area contributed by atoms with Crippen LogP contribution in [0.2, 0.25) is 0 Å². The molecule has 82 valence electrons. The second kappa shape index (κ2) is 6.19. The lowest BCUT2D eigenvalue weighted by atomic mass is 10.2. The topological polar surface area (TPSA) is 46.5 Å². The Balaban J connectivity index is 2.30. The number of aliphatic carboxylic acids is 1. The van der Waals surface area contributed by atoms with Crippen LogP contribution in [0.5, 0.6) is 0 Å². The molecule has 1 unspecified atom stereocenters. The number of benzene rings is 1. The Morgan fingerprint density at radius 2 is 2.07 bits per heavy atom. The molecule has 0 bridgehead atoms. The van der Waals surface area contributed by atoms with Crippen LogP contribution in [0, 0.1) is 0 Å². The maximum atomic E-state index is 10.6. The molecule has 0 aliphatic rings. The molecule has 0 fully saturated rings. The minimum absolute atomic E-state index is 0.453. The lowest BCUT2D eigenvalue weighted by Crippen LogP contribution is -2.23. The van der Waals surface area contributed by atoms with Crippen molar-refractivity contribution >= 4 is 5.97 Å². The number of carboxylic acids is 1. The van der Waals surface area contributed by atoms with Gasteiger partial charge in [0.1, 0.15) is 0 Å². The zero-order valence-electron chi connectivity index (χ0n) is 8.85. The number of rotatable bonds is 6. The first kappa shape index (κ1) is 11.7. The van der Waals surface area contributed by atoms with Gasteiger partial charge in [-0.15, -0.1) is 0 Å². The van der Waals surface area contributed by atoms with Crippen molar-refractivity contribution < 1.29 is 14.6 Å². The first-order chi connectivity index (χ1) is 7.24. The molecule has 0 spiro atoms. The van der Waals surface area contributed by atoms with Crippen molar-refractivity contribution in [2.45, 2.75) is 25.9 Å². The molecule has 0 amide bonds. The highest BCUT2D eigenvalue weighted by molar-refractivity contribution is 5.72. The molecule has 0 aliphatic heterocycles. The van der Waals surface area contributed by atoms with Crippen LogP contribution in [0.25, 0.3) is 0 Å². The Kier molecular flexibility index (Phi) is 4.84. The van der Waals surface area contributed by atoms with Gasteiger partial charge in [-0.25, -0.2) is 4.79 Å². The van der Waals surface area contributed by atoms with E-state index in [1.165, 1.54) is 0 Å². The predicted octanol–water partition coefficient (Wildman–Crippen LogP) is 2.11. The van der Waals surface area contributed by atoms with E-state index >= 15 is 0 Å². The normalized spacial score (nSPS) is 12.3. The van der Waals surface area contributed by atoms with E-state index < -0.39 is 12.1 Å². The van der Waals surface area contributed by atoms with Crippen molar-refractivity contribution in [2.24, 2.45) is 0 Å². The molecular weight excluding hydrogens is 192 g/mol. The van der Waals surface area contributed by atoms with E-state index in [0.29, 0.717) is 13.0 Å². The predicted molar refractivity (Wildman–Crippen MR) is 57.8 cm³/mol. The molecule has 0 aromatic heterocycles. The minimum Gasteiger partial charge on any atom is -0.479 e. The first-order valence-corrected chi connectivity index (χ1v) is 5.12. The summed E-state index contributed by atoms with van der Waals surface area (Å²) in [6.45, 7) is 2.26. The van der Waals surface area contributed by atoms with Gasteiger partial charge >= 0.3 is 5.97 Å². The average molecular weight is 208 g/mol. The van der Waals surface area contributed by atoms with Gasteiger partial charge in [-0.2, -0.15) is 0 Å². The molecule has 15 heavy (non-hydrogen) atoms. The molecule has 0 saturated heterocycles. The van der Waals surface area contributed by atoms with Crippen LogP contribution < -0.4 is 0 Å². The monoisotopic (exact) mass is 208 g/mol. The van der Waals surface area contributed by atoms with Gasteiger partial charge in [-0.1, -0.05) is 37.3 Å². The van der Waals surface area contributed by atoms with Crippen molar-refractivity contribution in [2.75, 3.05) is 6.61 Å². The summed E-state index contributed by atoms with van der Waals surface area (Å²) in [5.41, 5.74) is 1.16. The fourth-order valence-corrected chi connectivity index (χ4v) is 1.33. The van der Waals surface area contributed by atoms with Gasteiger partial charge in [-0.05, 0) is 18.4 Å². The van der Waals surface area contributed by atoms with Gasteiger partial charge in [0, 0.05) is 0 Å². The zero-order valence-corrected chi connectivity index (χ0v) is 8.85. The highest BCUT2D eigenvalue weighted by Gasteiger charge is 2.14. The van der Waals surface area contributed by atoms with Gasteiger partial charge in [0.05, 0.1) is 6.61 Å². The lowest BCUT2D eigenvalue weighted by molar-refractivity contribution is -0.150. The molecule has 3 nitrogen and oxygen atoms in total. The van der Waals surface area contributed by atoms with Crippen LogP contribution in [0.3, 0.4) is 0 Å². The molecule has 1 atom stereocenters. The second-order valence-electron chi connectivity index (χ2n) is 3.34. The second-order valence-corrected chi connectivity index (χ2v) is 3.34. The summed E-state index contributed by atoms with van der Waals surface area (Å²) in [4.78, 5) is 10.6. The molecule has 0 heterocycles. The van der Waals surface area contributed by atoms with Gasteiger partial charge in [0.15, 0.2) is 6.10 Å². The summed E-state index contributed by atoms with van der Waals surface area (Å²) in [5, 5.41) is 8.75. The molecule has 0 aliphatic carbocycles. The van der Waals surface area contributed by atoms with E-state index in [2.05, 4.69) is 0 Å². The number of ether oxygens (including phenoxy) is 1. The fourth-order valence-electron chi connectivity index (χ4n) is 1.33. The molecule has 1 aromatic carbocycles. The van der Waals surface area contributed by atoms with E-state index in [9.17, 15) is 4.79 Å². The number of hydrogen-bond donors (Lipinski definition) is 1. The van der Waals surface area contributed by atoms with E-state index in [-0.39, 0.29) is 0 Å². The van der Waals surface area contributed by atoms with Crippen molar-refractivity contribution in [3.05, 3.63) is 35.9 Å². The van der Waals surface area contributed by atoms with Crippen LogP contribution in [-0.2, 0) is 16.0 Å². The molecule has 0 radical (unpaired) electrons. The maximum Gasteiger partial charge on any atom is 0.332 e. The van der Waals surface area contributed by atoms with Crippen molar-refractivity contribution in [1.82, 2.24) is 0 Å². The molecular formula is C12H16O3. The SMILES string of the molecule is CCC(OCCc1ccccc1)C(=O)O. The first-order valence-electron chi connectivity index (χ1n) is 5.12. The number of carbonyl (C=O) groups is 1. The van der Waals surface area contributed by atoms with Crippen LogP contribution >= 0.6 is 0 Å². The molecule has 1 rings (SSSR count). The van der Waals surface area contributed by atoms with Gasteiger partial charge < -0.3 is 9.84 Å². The highest BCUT2D eigenvalue weighted by atomic mass is 16.5. The third-order valence-electron chi connectivity index (χ3n) is 2.20. The summed E-state index contributed by atoms with van der Waals surface area (Å²) in [7, 11) is 0. The average Bonchev–Trinajstić information content (AvgIpc) is 2.25. The van der Waals surface area contributed by atoms with Crippen molar-refractivity contribution in [3.8, 4) is 0 Å². The third kappa shape index (κ3) is 4.13. The van der Waals surface area contributed by atoms with E-state index in [1.807, 2.05) is 30.3 Å². The Labute approximate surface area is 89.7 Å². The number of hydrogen-bond acceptors (Lipinski definition) is 2.